The quantitative estimate of drug-likeness (QED) is 0.793. The van der Waals surface area contributed by atoms with Crippen molar-refractivity contribution >= 4 is 11.7 Å². The number of anilines is 1. The minimum atomic E-state index is -1.27. The van der Waals surface area contributed by atoms with Gasteiger partial charge in [0.15, 0.2) is 11.5 Å². The van der Waals surface area contributed by atoms with Crippen LogP contribution in [0.2, 0.25) is 0 Å². The van der Waals surface area contributed by atoms with E-state index in [1.807, 2.05) is 13.0 Å². The Bertz CT molecular complexity index is 766. The number of ether oxygens (including phenoxy) is 2. The molecule has 0 spiro atoms. The fraction of sp³-hybridized carbons (Fsp3) is 0.263. The van der Waals surface area contributed by atoms with E-state index < -0.39 is 12.0 Å². The molecule has 0 aliphatic heterocycles. The lowest BCUT2D eigenvalue weighted by Crippen LogP contribution is -2.34. The van der Waals surface area contributed by atoms with Crippen LogP contribution in [0.4, 0.5) is 5.69 Å². The van der Waals surface area contributed by atoms with Crippen LogP contribution in [0.5, 0.6) is 11.5 Å². The summed E-state index contributed by atoms with van der Waals surface area (Å²) in [6, 6.07) is 12.4. The van der Waals surface area contributed by atoms with Gasteiger partial charge in [0.2, 0.25) is 0 Å². The van der Waals surface area contributed by atoms with Crippen molar-refractivity contribution in [3.05, 3.63) is 53.6 Å². The van der Waals surface area contributed by atoms with Crippen LogP contribution in [0.1, 0.15) is 30.5 Å². The molecule has 0 aromatic heterocycles. The van der Waals surface area contributed by atoms with E-state index in [-0.39, 0.29) is 0 Å². The van der Waals surface area contributed by atoms with E-state index in [9.17, 15) is 9.90 Å². The standard InChI is InChI=1S/C19H20N2O4/c1-3-10-25-17-11-14(6-9-16(17)24-2)18(19(22)23)21-15-7-4-13(12-20)5-8-15/h4-9,11,18,21H,3,10H2,1-2H3,(H,22,23)/p-1. The van der Waals surface area contributed by atoms with E-state index in [0.717, 1.165) is 6.42 Å². The lowest BCUT2D eigenvalue weighted by atomic mass is 10.1. The second-order valence-electron chi connectivity index (χ2n) is 5.34. The summed E-state index contributed by atoms with van der Waals surface area (Å²) in [6.07, 6.45) is 0.820. The predicted octanol–water partition coefficient (Wildman–Crippen LogP) is 2.26. The van der Waals surface area contributed by atoms with E-state index in [4.69, 9.17) is 14.7 Å². The molecule has 2 aromatic carbocycles. The molecule has 0 fully saturated rings. The first-order valence-corrected chi connectivity index (χ1v) is 7.87. The second kappa shape index (κ2) is 8.60. The summed E-state index contributed by atoms with van der Waals surface area (Å²) in [7, 11) is 1.53. The summed E-state index contributed by atoms with van der Waals surface area (Å²) >= 11 is 0. The Kier molecular flexibility index (Phi) is 6.24. The molecule has 1 N–H and O–H groups in total. The van der Waals surface area contributed by atoms with E-state index in [0.29, 0.717) is 34.9 Å². The maximum atomic E-state index is 11.6. The van der Waals surface area contributed by atoms with Gasteiger partial charge in [0.1, 0.15) is 0 Å². The van der Waals surface area contributed by atoms with Crippen molar-refractivity contribution < 1.29 is 19.4 Å². The Morgan fingerprint density at radius 3 is 2.52 bits per heavy atom. The van der Waals surface area contributed by atoms with Gasteiger partial charge in [-0.05, 0) is 48.4 Å². The molecular weight excluding hydrogens is 320 g/mol. The normalized spacial score (nSPS) is 11.2. The van der Waals surface area contributed by atoms with Gasteiger partial charge in [0, 0.05) is 5.69 Å². The topological polar surface area (TPSA) is 94.4 Å². The van der Waals surface area contributed by atoms with Crippen molar-refractivity contribution in [3.8, 4) is 17.6 Å². The molecule has 2 aromatic rings. The molecule has 1 unspecified atom stereocenters. The molecule has 0 bridgehead atoms. The van der Waals surface area contributed by atoms with Crippen LogP contribution in [0, 0.1) is 11.3 Å². The number of aliphatic carboxylic acids is 1. The number of hydrogen-bond donors (Lipinski definition) is 1. The zero-order valence-electron chi connectivity index (χ0n) is 14.1. The molecule has 130 valence electrons. The Hall–Kier alpha value is -3.20. The SMILES string of the molecule is CCCOc1cc(C(Nc2ccc(C#N)cc2)C(=O)[O-])ccc1OC. The molecule has 0 saturated carbocycles. The van der Waals surface area contributed by atoms with Crippen LogP contribution < -0.4 is 19.9 Å². The second-order valence-corrected chi connectivity index (χ2v) is 5.34. The van der Waals surface area contributed by atoms with Gasteiger partial charge >= 0.3 is 0 Å². The first-order valence-electron chi connectivity index (χ1n) is 7.87. The van der Waals surface area contributed by atoms with Gasteiger partial charge in [-0.2, -0.15) is 5.26 Å². The van der Waals surface area contributed by atoms with Crippen molar-refractivity contribution in [3.63, 3.8) is 0 Å². The third-order valence-corrected chi connectivity index (χ3v) is 3.54. The van der Waals surface area contributed by atoms with Gasteiger partial charge in [-0.1, -0.05) is 13.0 Å². The van der Waals surface area contributed by atoms with Crippen molar-refractivity contribution in [1.82, 2.24) is 0 Å². The monoisotopic (exact) mass is 339 g/mol. The van der Waals surface area contributed by atoms with Gasteiger partial charge < -0.3 is 24.7 Å². The maximum Gasteiger partial charge on any atom is 0.161 e. The Balaban J connectivity index is 2.29. The molecular formula is C19H19N2O4-. The summed E-state index contributed by atoms with van der Waals surface area (Å²) in [5.74, 6) is -0.252. The zero-order valence-corrected chi connectivity index (χ0v) is 14.1. The van der Waals surface area contributed by atoms with E-state index in [1.54, 1.807) is 42.5 Å². The number of nitriles is 1. The number of hydrogen-bond acceptors (Lipinski definition) is 6. The largest absolute Gasteiger partial charge is 0.548 e. The van der Waals surface area contributed by atoms with Crippen LogP contribution in [0.25, 0.3) is 0 Å². The highest BCUT2D eigenvalue weighted by Crippen LogP contribution is 2.31. The van der Waals surface area contributed by atoms with Crippen LogP contribution >= 0.6 is 0 Å². The number of nitrogens with zero attached hydrogens (tertiary/aromatic N) is 1. The molecule has 0 heterocycles. The minimum absolute atomic E-state index is 0.481. The van der Waals surface area contributed by atoms with Crippen molar-refractivity contribution in [2.24, 2.45) is 0 Å². The highest BCUT2D eigenvalue weighted by atomic mass is 16.5. The number of nitrogens with one attached hydrogen (secondary N) is 1. The predicted molar refractivity (Wildman–Crippen MR) is 91.3 cm³/mol. The first-order chi connectivity index (χ1) is 12.1. The van der Waals surface area contributed by atoms with Gasteiger partial charge in [0.25, 0.3) is 0 Å². The molecule has 25 heavy (non-hydrogen) atoms. The van der Waals surface area contributed by atoms with Crippen LogP contribution in [-0.2, 0) is 4.79 Å². The third kappa shape index (κ3) is 4.64. The molecule has 0 saturated heterocycles. The summed E-state index contributed by atoms with van der Waals surface area (Å²) < 4.78 is 10.9. The first kappa shape index (κ1) is 18.1. The minimum Gasteiger partial charge on any atom is -0.548 e. The summed E-state index contributed by atoms with van der Waals surface area (Å²) in [4.78, 5) is 11.6. The fourth-order valence-corrected chi connectivity index (χ4v) is 2.28. The number of benzene rings is 2. The van der Waals surface area contributed by atoms with E-state index in [2.05, 4.69) is 5.32 Å². The molecule has 6 nitrogen and oxygen atoms in total. The molecule has 0 amide bonds. The molecule has 6 heteroatoms. The fourth-order valence-electron chi connectivity index (χ4n) is 2.28. The highest BCUT2D eigenvalue weighted by Gasteiger charge is 2.16. The lowest BCUT2D eigenvalue weighted by molar-refractivity contribution is -0.307. The summed E-state index contributed by atoms with van der Waals surface area (Å²) in [5.41, 5.74) is 1.55. The van der Waals surface area contributed by atoms with Gasteiger partial charge in [-0.25, -0.2) is 0 Å². The Morgan fingerprint density at radius 1 is 1.24 bits per heavy atom. The van der Waals surface area contributed by atoms with E-state index in [1.165, 1.54) is 7.11 Å². The van der Waals surface area contributed by atoms with Gasteiger partial charge in [-0.15, -0.1) is 0 Å². The molecule has 0 aliphatic carbocycles. The van der Waals surface area contributed by atoms with Gasteiger partial charge in [0.05, 0.1) is 37.4 Å². The zero-order chi connectivity index (χ0) is 18.2. The average molecular weight is 339 g/mol. The maximum absolute atomic E-state index is 11.6. The number of methoxy groups -OCH3 is 1. The average Bonchev–Trinajstić information content (AvgIpc) is 2.64. The Morgan fingerprint density at radius 2 is 1.96 bits per heavy atom. The van der Waals surface area contributed by atoms with Crippen molar-refractivity contribution in [2.75, 3.05) is 19.0 Å². The van der Waals surface area contributed by atoms with Crippen LogP contribution in [0.3, 0.4) is 0 Å². The highest BCUT2D eigenvalue weighted by molar-refractivity contribution is 5.78. The number of carbonyl (C=O) groups is 1. The van der Waals surface area contributed by atoms with E-state index >= 15 is 0 Å². The molecule has 0 radical (unpaired) electrons. The molecule has 0 aliphatic rings. The van der Waals surface area contributed by atoms with Crippen molar-refractivity contribution in [2.45, 2.75) is 19.4 Å². The molecule has 1 atom stereocenters. The lowest BCUT2D eigenvalue weighted by Gasteiger charge is -2.22. The van der Waals surface area contributed by atoms with Crippen molar-refractivity contribution in [1.29, 1.82) is 5.26 Å². The smallest absolute Gasteiger partial charge is 0.161 e. The number of carbonyl (C=O) groups excluding carboxylic acids is 1. The van der Waals surface area contributed by atoms with Crippen LogP contribution in [-0.4, -0.2) is 19.7 Å². The third-order valence-electron chi connectivity index (χ3n) is 3.54. The summed E-state index contributed by atoms with van der Waals surface area (Å²) in [6.45, 7) is 2.48. The van der Waals surface area contributed by atoms with Gasteiger partial charge in [-0.3, -0.25) is 0 Å². The molecule has 2 rings (SSSR count). The Labute approximate surface area is 146 Å². The summed E-state index contributed by atoms with van der Waals surface area (Å²) in [5, 5.41) is 23.3. The number of carboxylic acids is 1. The number of carboxylic acid groups (broad SMARTS) is 1. The number of rotatable bonds is 8. The van der Waals surface area contributed by atoms with Crippen LogP contribution in [0.15, 0.2) is 42.5 Å².